The average molecular weight is 555 g/mol. The lowest BCUT2D eigenvalue weighted by atomic mass is 9.93. The third-order valence-electron chi connectivity index (χ3n) is 7.56. The molecule has 6 rings (SSSR count). The summed E-state index contributed by atoms with van der Waals surface area (Å²) in [6.45, 7) is 6.80. The van der Waals surface area contributed by atoms with Crippen LogP contribution in [0, 0.1) is 25.2 Å². The number of hydrogen-bond donors (Lipinski definition) is 3. The summed E-state index contributed by atoms with van der Waals surface area (Å²) < 4.78 is 6.09. The highest BCUT2D eigenvalue weighted by Gasteiger charge is 2.17. The molecule has 42 heavy (non-hydrogen) atoms. The van der Waals surface area contributed by atoms with Crippen molar-refractivity contribution in [2.45, 2.75) is 33.4 Å². The minimum absolute atomic E-state index is 0.0151. The van der Waals surface area contributed by atoms with Crippen LogP contribution in [0.3, 0.4) is 0 Å². The quantitative estimate of drug-likeness (QED) is 0.188. The molecule has 0 saturated heterocycles. The molecule has 208 valence electrons. The highest BCUT2D eigenvalue weighted by atomic mass is 16.3. The Morgan fingerprint density at radius 1 is 0.952 bits per heavy atom. The number of nitrogens with zero attached hydrogens (tertiary/aromatic N) is 4. The molecule has 3 aromatic heterocycles. The van der Waals surface area contributed by atoms with Gasteiger partial charge in [0.2, 0.25) is 5.89 Å². The van der Waals surface area contributed by atoms with E-state index in [4.69, 9.17) is 9.40 Å². The molecule has 3 heterocycles. The zero-order chi connectivity index (χ0) is 29.2. The average Bonchev–Trinajstić information content (AvgIpc) is 3.45. The number of aliphatic hydroxyl groups excluding tert-OH is 1. The highest BCUT2D eigenvalue weighted by Crippen LogP contribution is 2.37. The molecule has 6 aromatic rings. The van der Waals surface area contributed by atoms with Crippen molar-refractivity contribution in [2.24, 2.45) is 0 Å². The van der Waals surface area contributed by atoms with E-state index in [0.717, 1.165) is 50.0 Å². The van der Waals surface area contributed by atoms with Crippen LogP contribution in [0.1, 0.15) is 29.2 Å². The lowest BCUT2D eigenvalue weighted by Crippen LogP contribution is -2.28. The molecule has 3 N–H and O–H groups in total. The molecule has 0 bridgehead atoms. The van der Waals surface area contributed by atoms with Gasteiger partial charge in [-0.1, -0.05) is 30.3 Å². The van der Waals surface area contributed by atoms with Crippen LogP contribution < -0.4 is 10.6 Å². The Kier molecular flexibility index (Phi) is 7.36. The van der Waals surface area contributed by atoms with E-state index < -0.39 is 0 Å². The topological polar surface area (TPSA) is 120 Å². The number of benzene rings is 3. The maximum atomic E-state index is 9.48. The van der Waals surface area contributed by atoms with Crippen molar-refractivity contribution in [3.05, 3.63) is 101 Å². The number of anilines is 2. The van der Waals surface area contributed by atoms with Gasteiger partial charge in [0.25, 0.3) is 0 Å². The fourth-order valence-corrected chi connectivity index (χ4v) is 5.15. The van der Waals surface area contributed by atoms with E-state index in [0.29, 0.717) is 34.9 Å². The molecular formula is C34H30N6O2. The Morgan fingerprint density at radius 2 is 1.71 bits per heavy atom. The zero-order valence-corrected chi connectivity index (χ0v) is 23.6. The number of pyridine rings is 2. The molecular weight excluding hydrogens is 524 g/mol. The van der Waals surface area contributed by atoms with Crippen LogP contribution in [0.2, 0.25) is 0 Å². The van der Waals surface area contributed by atoms with Gasteiger partial charge < -0.3 is 20.2 Å². The first-order valence-corrected chi connectivity index (χ1v) is 13.8. The maximum absolute atomic E-state index is 9.48. The van der Waals surface area contributed by atoms with Crippen molar-refractivity contribution in [1.82, 2.24) is 20.3 Å². The van der Waals surface area contributed by atoms with Crippen molar-refractivity contribution in [2.75, 3.05) is 11.9 Å². The minimum Gasteiger partial charge on any atom is -0.435 e. The molecule has 0 aliphatic rings. The molecule has 0 amide bonds. The third-order valence-corrected chi connectivity index (χ3v) is 7.56. The SMILES string of the molecule is Cc1c(Nc2nccc3cc(CN[C@H](C)CO)cnc23)cccc1-c1cccc(-c2nc3cccc(C#N)c3o2)c1C. The van der Waals surface area contributed by atoms with Crippen LogP contribution in [0.15, 0.2) is 83.5 Å². The molecule has 0 unspecified atom stereocenters. The van der Waals surface area contributed by atoms with E-state index in [9.17, 15) is 10.4 Å². The standard InChI is InChI=1S/C34H30N6O2/c1-20(19-41)37-17-23-15-24-13-14-36-33(31(24)38-18-23)39-29-11-6-9-27(22(29)3)26-8-5-10-28(21(26)2)34-40-30-12-4-7-25(16-35)32(30)42-34/h4-15,18,20,37,41H,17,19H2,1-3H3,(H,36,39)/t20-/m1/s1. The Balaban J connectivity index is 1.33. The van der Waals surface area contributed by atoms with Gasteiger partial charge in [-0.15, -0.1) is 0 Å². The van der Waals surface area contributed by atoms with Gasteiger partial charge in [-0.25, -0.2) is 9.97 Å². The summed E-state index contributed by atoms with van der Waals surface area (Å²) in [7, 11) is 0. The summed E-state index contributed by atoms with van der Waals surface area (Å²) in [5.74, 6) is 1.17. The summed E-state index contributed by atoms with van der Waals surface area (Å²) >= 11 is 0. The first kappa shape index (κ1) is 27.1. The number of rotatable bonds is 8. The molecule has 0 spiro atoms. The lowest BCUT2D eigenvalue weighted by molar-refractivity contribution is 0.251. The number of nitrogens with one attached hydrogen (secondary N) is 2. The molecule has 8 heteroatoms. The predicted octanol–water partition coefficient (Wildman–Crippen LogP) is 6.81. The number of nitriles is 1. The predicted molar refractivity (Wildman–Crippen MR) is 165 cm³/mol. The largest absolute Gasteiger partial charge is 0.435 e. The van der Waals surface area contributed by atoms with E-state index in [-0.39, 0.29) is 12.6 Å². The summed E-state index contributed by atoms with van der Waals surface area (Å²) in [4.78, 5) is 14.0. The minimum atomic E-state index is 0.0151. The fourth-order valence-electron chi connectivity index (χ4n) is 5.15. The van der Waals surface area contributed by atoms with Gasteiger partial charge in [0.1, 0.15) is 17.1 Å². The monoisotopic (exact) mass is 554 g/mol. The number of hydrogen-bond acceptors (Lipinski definition) is 8. The van der Waals surface area contributed by atoms with Gasteiger partial charge in [0.15, 0.2) is 11.4 Å². The van der Waals surface area contributed by atoms with E-state index in [1.807, 2.05) is 55.6 Å². The van der Waals surface area contributed by atoms with Crippen molar-refractivity contribution in [1.29, 1.82) is 5.26 Å². The van der Waals surface area contributed by atoms with Crippen LogP contribution in [0.4, 0.5) is 11.5 Å². The molecule has 8 nitrogen and oxygen atoms in total. The Labute approximate surface area is 243 Å². The first-order chi connectivity index (χ1) is 20.5. The summed E-state index contributed by atoms with van der Waals surface area (Å²) in [6.07, 6.45) is 3.63. The maximum Gasteiger partial charge on any atom is 0.227 e. The molecule has 1 atom stereocenters. The van der Waals surface area contributed by atoms with Gasteiger partial charge in [-0.05, 0) is 85.0 Å². The van der Waals surface area contributed by atoms with Crippen LogP contribution in [0.5, 0.6) is 0 Å². The molecule has 0 aliphatic heterocycles. The fraction of sp³-hybridized carbons (Fsp3) is 0.176. The summed E-state index contributed by atoms with van der Waals surface area (Å²) in [6, 6.07) is 23.9. The van der Waals surface area contributed by atoms with Crippen molar-refractivity contribution in [3.63, 3.8) is 0 Å². The second-order valence-corrected chi connectivity index (χ2v) is 10.4. The van der Waals surface area contributed by atoms with Gasteiger partial charge in [-0.3, -0.25) is 4.98 Å². The van der Waals surface area contributed by atoms with Gasteiger partial charge >= 0.3 is 0 Å². The molecule has 0 fully saturated rings. The summed E-state index contributed by atoms with van der Waals surface area (Å²) in [5, 5.41) is 26.6. The van der Waals surface area contributed by atoms with Crippen molar-refractivity contribution >= 4 is 33.5 Å². The van der Waals surface area contributed by atoms with Crippen LogP contribution in [-0.2, 0) is 6.54 Å². The second-order valence-electron chi connectivity index (χ2n) is 10.4. The summed E-state index contributed by atoms with van der Waals surface area (Å²) in [5.41, 5.74) is 9.51. The number of aliphatic hydroxyl groups is 1. The van der Waals surface area contributed by atoms with E-state index >= 15 is 0 Å². The zero-order valence-electron chi connectivity index (χ0n) is 23.6. The number of fused-ring (bicyclic) bond motifs is 2. The first-order valence-electron chi connectivity index (χ1n) is 13.8. The van der Waals surface area contributed by atoms with Crippen LogP contribution in [-0.4, -0.2) is 32.7 Å². The Morgan fingerprint density at radius 3 is 2.52 bits per heavy atom. The van der Waals surface area contributed by atoms with Gasteiger partial charge in [-0.2, -0.15) is 5.26 Å². The molecule has 3 aromatic carbocycles. The smallest absolute Gasteiger partial charge is 0.227 e. The van der Waals surface area contributed by atoms with Gasteiger partial charge in [0.05, 0.1) is 12.2 Å². The number of para-hydroxylation sites is 1. The second kappa shape index (κ2) is 11.4. The van der Waals surface area contributed by atoms with Crippen LogP contribution >= 0.6 is 0 Å². The van der Waals surface area contributed by atoms with Crippen molar-refractivity contribution in [3.8, 4) is 28.7 Å². The van der Waals surface area contributed by atoms with E-state index in [2.05, 4.69) is 58.7 Å². The third kappa shape index (κ3) is 5.07. The Bertz CT molecular complexity index is 1970. The highest BCUT2D eigenvalue weighted by molar-refractivity contribution is 5.91. The van der Waals surface area contributed by atoms with E-state index in [1.54, 1.807) is 12.3 Å². The molecule has 0 radical (unpaired) electrons. The Hall–Kier alpha value is -5.10. The number of oxazole rings is 1. The number of aromatic nitrogens is 3. The normalized spacial score (nSPS) is 12.0. The molecule has 0 aliphatic carbocycles. The lowest BCUT2D eigenvalue weighted by Gasteiger charge is -2.16. The van der Waals surface area contributed by atoms with Gasteiger partial charge in [0, 0.05) is 41.6 Å². The van der Waals surface area contributed by atoms with Crippen LogP contribution in [0.25, 0.3) is 44.6 Å². The van der Waals surface area contributed by atoms with Crippen molar-refractivity contribution < 1.29 is 9.52 Å². The van der Waals surface area contributed by atoms with E-state index in [1.165, 1.54) is 0 Å². The molecule has 0 saturated carbocycles.